The summed E-state index contributed by atoms with van der Waals surface area (Å²) < 4.78 is 5.71. The van der Waals surface area contributed by atoms with E-state index in [1.54, 1.807) is 0 Å². The lowest BCUT2D eigenvalue weighted by Gasteiger charge is -2.40. The third kappa shape index (κ3) is 2.20. The highest BCUT2D eigenvalue weighted by molar-refractivity contribution is 4.85. The molecule has 0 aliphatic carbocycles. The van der Waals surface area contributed by atoms with Crippen LogP contribution in [0.4, 0.5) is 0 Å². The molecule has 0 aromatic carbocycles. The molecule has 1 saturated heterocycles. The first-order valence-electron chi connectivity index (χ1n) is 4.75. The van der Waals surface area contributed by atoms with Crippen LogP contribution in [-0.4, -0.2) is 23.4 Å². The molecule has 0 aromatic heterocycles. The highest BCUT2D eigenvalue weighted by atomic mass is 16.5. The Hall–Kier alpha value is -0.0800. The normalized spacial score (nSPS) is 38.2. The third-order valence-corrected chi connectivity index (χ3v) is 2.45. The lowest BCUT2D eigenvalue weighted by atomic mass is 9.82. The van der Waals surface area contributed by atoms with Crippen LogP contribution in [0.2, 0.25) is 0 Å². The second-order valence-corrected chi connectivity index (χ2v) is 4.88. The van der Waals surface area contributed by atoms with Crippen molar-refractivity contribution >= 4 is 0 Å². The highest BCUT2D eigenvalue weighted by Gasteiger charge is 2.36. The molecule has 0 bridgehead atoms. The van der Waals surface area contributed by atoms with Gasteiger partial charge in [-0.25, -0.2) is 0 Å². The SMILES string of the molecule is C[C@H]1CC[C@@H](O)[C@H](C(C)(C)C)O1. The summed E-state index contributed by atoms with van der Waals surface area (Å²) in [6, 6.07) is 0. The molecule has 0 amide bonds. The molecule has 0 radical (unpaired) electrons. The molecule has 0 unspecified atom stereocenters. The summed E-state index contributed by atoms with van der Waals surface area (Å²) in [5.41, 5.74) is 0.0497. The van der Waals surface area contributed by atoms with Gasteiger partial charge in [0.25, 0.3) is 0 Å². The van der Waals surface area contributed by atoms with E-state index < -0.39 is 0 Å². The van der Waals surface area contributed by atoms with Crippen LogP contribution in [0.3, 0.4) is 0 Å². The predicted octanol–water partition coefficient (Wildman–Crippen LogP) is 1.96. The summed E-state index contributed by atoms with van der Waals surface area (Å²) in [6.45, 7) is 8.40. The zero-order valence-corrected chi connectivity index (χ0v) is 8.50. The summed E-state index contributed by atoms with van der Waals surface area (Å²) >= 11 is 0. The molecule has 72 valence electrons. The molecule has 12 heavy (non-hydrogen) atoms. The smallest absolute Gasteiger partial charge is 0.0885 e. The first-order valence-corrected chi connectivity index (χ1v) is 4.75. The maximum Gasteiger partial charge on any atom is 0.0885 e. The van der Waals surface area contributed by atoms with E-state index in [0.717, 1.165) is 12.8 Å². The van der Waals surface area contributed by atoms with Crippen LogP contribution in [0.25, 0.3) is 0 Å². The van der Waals surface area contributed by atoms with Crippen LogP contribution in [-0.2, 0) is 4.74 Å². The Kier molecular flexibility index (Phi) is 2.79. The second-order valence-electron chi connectivity index (χ2n) is 4.88. The van der Waals surface area contributed by atoms with Gasteiger partial charge in [0.05, 0.1) is 18.3 Å². The van der Waals surface area contributed by atoms with Crippen molar-refractivity contribution in [1.82, 2.24) is 0 Å². The van der Waals surface area contributed by atoms with E-state index in [1.807, 2.05) is 0 Å². The van der Waals surface area contributed by atoms with Crippen molar-refractivity contribution in [2.75, 3.05) is 0 Å². The van der Waals surface area contributed by atoms with E-state index in [9.17, 15) is 5.11 Å². The van der Waals surface area contributed by atoms with Crippen molar-refractivity contribution in [2.45, 2.75) is 58.8 Å². The van der Waals surface area contributed by atoms with Crippen molar-refractivity contribution in [1.29, 1.82) is 0 Å². The number of hydrogen-bond donors (Lipinski definition) is 1. The predicted molar refractivity (Wildman–Crippen MR) is 49.0 cm³/mol. The van der Waals surface area contributed by atoms with E-state index in [1.165, 1.54) is 0 Å². The number of aliphatic hydroxyl groups is 1. The fourth-order valence-corrected chi connectivity index (χ4v) is 1.75. The number of hydrogen-bond acceptors (Lipinski definition) is 2. The van der Waals surface area contributed by atoms with Gasteiger partial charge in [0, 0.05) is 0 Å². The van der Waals surface area contributed by atoms with Crippen molar-refractivity contribution < 1.29 is 9.84 Å². The van der Waals surface area contributed by atoms with Crippen LogP contribution >= 0.6 is 0 Å². The van der Waals surface area contributed by atoms with Gasteiger partial charge in [-0.3, -0.25) is 0 Å². The maximum atomic E-state index is 9.70. The lowest BCUT2D eigenvalue weighted by Crippen LogP contribution is -2.45. The molecule has 2 nitrogen and oxygen atoms in total. The van der Waals surface area contributed by atoms with E-state index in [4.69, 9.17) is 4.74 Å². The molecule has 2 heteroatoms. The van der Waals surface area contributed by atoms with Crippen LogP contribution in [0.1, 0.15) is 40.5 Å². The Morgan fingerprint density at radius 1 is 1.25 bits per heavy atom. The fourth-order valence-electron chi connectivity index (χ4n) is 1.75. The van der Waals surface area contributed by atoms with Gasteiger partial charge in [-0.2, -0.15) is 0 Å². The molecule has 1 N–H and O–H groups in total. The lowest BCUT2D eigenvalue weighted by molar-refractivity contribution is -0.152. The van der Waals surface area contributed by atoms with Crippen LogP contribution < -0.4 is 0 Å². The fraction of sp³-hybridized carbons (Fsp3) is 1.00. The topological polar surface area (TPSA) is 29.5 Å². The Labute approximate surface area is 74.9 Å². The van der Waals surface area contributed by atoms with E-state index in [-0.39, 0.29) is 17.6 Å². The molecule has 1 aliphatic heterocycles. The average Bonchev–Trinajstić information content (AvgIpc) is 1.92. The van der Waals surface area contributed by atoms with Crippen molar-refractivity contribution in [3.8, 4) is 0 Å². The average molecular weight is 172 g/mol. The van der Waals surface area contributed by atoms with Crippen molar-refractivity contribution in [2.24, 2.45) is 5.41 Å². The molecule has 3 atom stereocenters. The zero-order valence-electron chi connectivity index (χ0n) is 8.50. The van der Waals surface area contributed by atoms with E-state index >= 15 is 0 Å². The van der Waals surface area contributed by atoms with Crippen molar-refractivity contribution in [3.05, 3.63) is 0 Å². The minimum atomic E-state index is -0.277. The third-order valence-electron chi connectivity index (χ3n) is 2.45. The Bertz CT molecular complexity index is 148. The molecule has 1 heterocycles. The van der Waals surface area contributed by atoms with Gasteiger partial charge in [0.1, 0.15) is 0 Å². The van der Waals surface area contributed by atoms with Gasteiger partial charge in [-0.15, -0.1) is 0 Å². The van der Waals surface area contributed by atoms with E-state index in [2.05, 4.69) is 27.7 Å². The molecule has 1 rings (SSSR count). The van der Waals surface area contributed by atoms with Gasteiger partial charge in [0.2, 0.25) is 0 Å². The molecule has 1 fully saturated rings. The number of rotatable bonds is 0. The first-order chi connectivity index (χ1) is 5.41. The quantitative estimate of drug-likeness (QED) is 0.605. The summed E-state index contributed by atoms with van der Waals surface area (Å²) in [6.07, 6.45) is 1.89. The Morgan fingerprint density at radius 3 is 2.25 bits per heavy atom. The second kappa shape index (κ2) is 3.35. The Balaban J connectivity index is 2.61. The van der Waals surface area contributed by atoms with Crippen LogP contribution in [0.5, 0.6) is 0 Å². The van der Waals surface area contributed by atoms with Gasteiger partial charge >= 0.3 is 0 Å². The van der Waals surface area contributed by atoms with Crippen LogP contribution in [0, 0.1) is 5.41 Å². The van der Waals surface area contributed by atoms with Crippen molar-refractivity contribution in [3.63, 3.8) is 0 Å². The molecule has 0 aromatic rings. The van der Waals surface area contributed by atoms with Gasteiger partial charge in [-0.1, -0.05) is 20.8 Å². The minimum Gasteiger partial charge on any atom is -0.390 e. The summed E-state index contributed by atoms with van der Waals surface area (Å²) in [7, 11) is 0. The molecule has 0 saturated carbocycles. The minimum absolute atomic E-state index is 0.00116. The van der Waals surface area contributed by atoms with Crippen LogP contribution in [0.15, 0.2) is 0 Å². The zero-order chi connectivity index (χ0) is 9.35. The molecular formula is C10H20O2. The van der Waals surface area contributed by atoms with E-state index in [0.29, 0.717) is 6.10 Å². The summed E-state index contributed by atoms with van der Waals surface area (Å²) in [4.78, 5) is 0. The van der Waals surface area contributed by atoms with Gasteiger partial charge in [-0.05, 0) is 25.2 Å². The summed E-state index contributed by atoms with van der Waals surface area (Å²) in [5.74, 6) is 0. The number of aliphatic hydroxyl groups excluding tert-OH is 1. The Morgan fingerprint density at radius 2 is 1.83 bits per heavy atom. The van der Waals surface area contributed by atoms with Gasteiger partial charge < -0.3 is 9.84 Å². The standard InChI is InChI=1S/C10H20O2/c1-7-5-6-8(11)9(12-7)10(2,3)4/h7-9,11H,5-6H2,1-4H3/t7-,8+,9+/m0/s1. The maximum absolute atomic E-state index is 9.70. The van der Waals surface area contributed by atoms with Gasteiger partial charge in [0.15, 0.2) is 0 Å². The first kappa shape index (κ1) is 10.0. The number of ether oxygens (including phenoxy) is 1. The largest absolute Gasteiger partial charge is 0.390 e. The summed E-state index contributed by atoms with van der Waals surface area (Å²) in [5, 5.41) is 9.70. The molecular weight excluding hydrogens is 152 g/mol. The highest BCUT2D eigenvalue weighted by Crippen LogP contribution is 2.32. The molecule has 1 aliphatic rings. The molecule has 0 spiro atoms. The monoisotopic (exact) mass is 172 g/mol.